The van der Waals surface area contributed by atoms with Gasteiger partial charge in [-0.15, -0.1) is 11.3 Å². The maximum Gasteiger partial charge on any atom is 0.191 e. The van der Waals surface area contributed by atoms with Crippen LogP contribution in [0.4, 0.5) is 0 Å². The van der Waals surface area contributed by atoms with Gasteiger partial charge in [0.2, 0.25) is 0 Å². The van der Waals surface area contributed by atoms with Crippen LogP contribution in [-0.2, 0) is 13.1 Å². The number of rotatable bonds is 6. The number of pyridine rings is 1. The average molecular weight is 366 g/mol. The third kappa shape index (κ3) is 4.89. The summed E-state index contributed by atoms with van der Waals surface area (Å²) in [7, 11) is 0. The van der Waals surface area contributed by atoms with Gasteiger partial charge in [0.1, 0.15) is 5.01 Å². The van der Waals surface area contributed by atoms with Crippen LogP contribution in [0.15, 0.2) is 59.7 Å². The van der Waals surface area contributed by atoms with Crippen molar-refractivity contribution in [2.75, 3.05) is 6.54 Å². The minimum atomic E-state index is 0.549. The maximum atomic E-state index is 4.71. The molecule has 0 unspecified atom stereocenters. The molecule has 3 aromatic rings. The molecule has 5 nitrogen and oxygen atoms in total. The summed E-state index contributed by atoms with van der Waals surface area (Å²) < 4.78 is 0. The topological polar surface area (TPSA) is 62.2 Å². The fourth-order valence-corrected chi connectivity index (χ4v) is 3.46. The molecule has 0 atom stereocenters. The fraction of sp³-hybridized carbons (Fsp3) is 0.250. The van der Waals surface area contributed by atoms with E-state index in [-0.39, 0.29) is 0 Å². The molecule has 0 saturated heterocycles. The Bertz CT molecular complexity index is 843. The van der Waals surface area contributed by atoms with Crippen LogP contribution in [0.2, 0.25) is 0 Å². The van der Waals surface area contributed by atoms with Gasteiger partial charge < -0.3 is 10.6 Å². The molecule has 0 bridgehead atoms. The summed E-state index contributed by atoms with van der Waals surface area (Å²) >= 11 is 1.72. The summed E-state index contributed by atoms with van der Waals surface area (Å²) in [5.41, 5.74) is 3.16. The molecule has 0 spiro atoms. The summed E-state index contributed by atoms with van der Waals surface area (Å²) in [6.45, 7) is 6.17. The second-order valence-electron chi connectivity index (χ2n) is 5.76. The number of nitrogens with zero attached hydrogens (tertiary/aromatic N) is 3. The minimum absolute atomic E-state index is 0.549. The molecule has 2 aromatic heterocycles. The number of aryl methyl sites for hydroxylation is 1. The lowest BCUT2D eigenvalue weighted by Crippen LogP contribution is -2.36. The molecule has 0 aliphatic heterocycles. The number of thiazole rings is 1. The zero-order chi connectivity index (χ0) is 18.2. The molecule has 1 aromatic carbocycles. The average Bonchev–Trinajstić information content (AvgIpc) is 3.06. The van der Waals surface area contributed by atoms with Crippen molar-refractivity contribution in [1.82, 2.24) is 20.6 Å². The van der Waals surface area contributed by atoms with Crippen LogP contribution >= 0.6 is 11.3 Å². The number of hydrogen-bond donors (Lipinski definition) is 2. The Labute approximate surface area is 158 Å². The second-order valence-corrected chi connectivity index (χ2v) is 6.85. The SMILES string of the molecule is CCNC(=NCc1ccccn1)NCc1sc(-c2ccccc2)nc1C. The molecule has 0 radical (unpaired) electrons. The molecule has 6 heteroatoms. The summed E-state index contributed by atoms with van der Waals surface area (Å²) in [5, 5.41) is 7.72. The van der Waals surface area contributed by atoms with E-state index < -0.39 is 0 Å². The number of aliphatic imine (C=N–C) groups is 1. The number of aromatic nitrogens is 2. The lowest BCUT2D eigenvalue weighted by Gasteiger charge is -2.10. The summed E-state index contributed by atoms with van der Waals surface area (Å²) in [5.74, 6) is 0.784. The molecule has 3 rings (SSSR count). The van der Waals surface area contributed by atoms with Gasteiger partial charge in [0.15, 0.2) is 5.96 Å². The first-order valence-electron chi connectivity index (χ1n) is 8.70. The van der Waals surface area contributed by atoms with Crippen molar-refractivity contribution < 1.29 is 0 Å². The lowest BCUT2D eigenvalue weighted by molar-refractivity contribution is 0.814. The molecule has 0 fully saturated rings. The van der Waals surface area contributed by atoms with E-state index in [0.717, 1.165) is 34.5 Å². The van der Waals surface area contributed by atoms with Crippen LogP contribution in [0, 0.1) is 6.92 Å². The highest BCUT2D eigenvalue weighted by Gasteiger charge is 2.09. The predicted octanol–water partition coefficient (Wildman–Crippen LogP) is 3.77. The van der Waals surface area contributed by atoms with Crippen molar-refractivity contribution >= 4 is 17.3 Å². The maximum absolute atomic E-state index is 4.71. The van der Waals surface area contributed by atoms with Gasteiger partial charge in [0, 0.05) is 23.2 Å². The first kappa shape index (κ1) is 18.1. The first-order valence-corrected chi connectivity index (χ1v) is 9.51. The lowest BCUT2D eigenvalue weighted by atomic mass is 10.2. The van der Waals surface area contributed by atoms with Crippen LogP contribution < -0.4 is 10.6 Å². The van der Waals surface area contributed by atoms with Crippen LogP contribution in [0.5, 0.6) is 0 Å². The Kier molecular flexibility index (Phi) is 6.33. The highest BCUT2D eigenvalue weighted by Crippen LogP contribution is 2.27. The largest absolute Gasteiger partial charge is 0.357 e. The van der Waals surface area contributed by atoms with Gasteiger partial charge in [-0.05, 0) is 26.0 Å². The van der Waals surface area contributed by atoms with Gasteiger partial charge in [0.25, 0.3) is 0 Å². The van der Waals surface area contributed by atoms with Crippen molar-refractivity contribution in [3.63, 3.8) is 0 Å². The zero-order valence-electron chi connectivity index (χ0n) is 15.1. The van der Waals surface area contributed by atoms with Crippen molar-refractivity contribution in [1.29, 1.82) is 0 Å². The molecule has 0 saturated carbocycles. The standard InChI is InChI=1S/C20H23N5S/c1-3-21-20(23-13-17-11-7-8-12-22-17)24-14-18-15(2)25-19(26-18)16-9-5-4-6-10-16/h4-12H,3,13-14H2,1-2H3,(H2,21,23,24). The van der Waals surface area contributed by atoms with E-state index in [1.807, 2.05) is 36.4 Å². The van der Waals surface area contributed by atoms with E-state index in [4.69, 9.17) is 4.98 Å². The molecule has 0 aliphatic rings. The Balaban J connectivity index is 1.66. The van der Waals surface area contributed by atoms with Crippen molar-refractivity contribution in [2.45, 2.75) is 26.9 Å². The molecule has 2 N–H and O–H groups in total. The van der Waals surface area contributed by atoms with E-state index >= 15 is 0 Å². The molecule has 0 aliphatic carbocycles. The van der Waals surface area contributed by atoms with Gasteiger partial charge in [-0.25, -0.2) is 9.98 Å². The molecule has 26 heavy (non-hydrogen) atoms. The number of guanidine groups is 1. The minimum Gasteiger partial charge on any atom is -0.357 e. The quantitative estimate of drug-likeness (QED) is 0.516. The summed E-state index contributed by atoms with van der Waals surface area (Å²) in [6, 6.07) is 16.1. The van der Waals surface area contributed by atoms with Crippen molar-refractivity contribution in [3.8, 4) is 10.6 Å². The Morgan fingerprint density at radius 1 is 1.08 bits per heavy atom. The number of benzene rings is 1. The molecule has 0 amide bonds. The zero-order valence-corrected chi connectivity index (χ0v) is 15.9. The molecule has 2 heterocycles. The van der Waals surface area contributed by atoms with Crippen LogP contribution in [0.3, 0.4) is 0 Å². The monoisotopic (exact) mass is 365 g/mol. The Morgan fingerprint density at radius 2 is 1.88 bits per heavy atom. The van der Waals surface area contributed by atoms with E-state index in [2.05, 4.69) is 46.6 Å². The predicted molar refractivity (Wildman–Crippen MR) is 108 cm³/mol. The third-order valence-corrected chi connectivity index (χ3v) is 5.01. The van der Waals surface area contributed by atoms with Gasteiger partial charge in [-0.2, -0.15) is 0 Å². The van der Waals surface area contributed by atoms with Crippen molar-refractivity contribution in [3.05, 3.63) is 71.0 Å². The fourth-order valence-electron chi connectivity index (χ4n) is 2.45. The molecule has 134 valence electrons. The molecular formula is C20H23N5S. The van der Waals surface area contributed by atoms with Crippen molar-refractivity contribution in [2.24, 2.45) is 4.99 Å². The second kappa shape index (κ2) is 9.10. The van der Waals surface area contributed by atoms with Gasteiger partial charge in [0.05, 0.1) is 24.5 Å². The van der Waals surface area contributed by atoms with E-state index in [1.54, 1.807) is 17.5 Å². The number of hydrogen-bond acceptors (Lipinski definition) is 4. The van der Waals surface area contributed by atoms with Crippen LogP contribution in [-0.4, -0.2) is 22.5 Å². The highest BCUT2D eigenvalue weighted by molar-refractivity contribution is 7.15. The van der Waals surface area contributed by atoms with Gasteiger partial charge >= 0.3 is 0 Å². The number of nitrogens with one attached hydrogen (secondary N) is 2. The first-order chi connectivity index (χ1) is 12.8. The van der Waals surface area contributed by atoms with Gasteiger partial charge in [-0.1, -0.05) is 36.4 Å². The Hall–Kier alpha value is -2.73. The third-order valence-electron chi connectivity index (χ3n) is 3.80. The van der Waals surface area contributed by atoms with E-state index in [1.165, 1.54) is 4.88 Å². The van der Waals surface area contributed by atoms with Crippen LogP contribution in [0.25, 0.3) is 10.6 Å². The Morgan fingerprint density at radius 3 is 2.62 bits per heavy atom. The molecular weight excluding hydrogens is 342 g/mol. The highest BCUT2D eigenvalue weighted by atomic mass is 32.1. The van der Waals surface area contributed by atoms with E-state index in [9.17, 15) is 0 Å². The van der Waals surface area contributed by atoms with Gasteiger partial charge in [-0.3, -0.25) is 4.98 Å². The summed E-state index contributed by atoms with van der Waals surface area (Å²) in [6.07, 6.45) is 1.79. The normalized spacial score (nSPS) is 11.4. The van der Waals surface area contributed by atoms with Crippen LogP contribution in [0.1, 0.15) is 23.2 Å². The smallest absolute Gasteiger partial charge is 0.191 e. The summed E-state index contributed by atoms with van der Waals surface area (Å²) in [4.78, 5) is 14.8. The van der Waals surface area contributed by atoms with E-state index in [0.29, 0.717) is 13.1 Å².